The molecule has 0 saturated carbocycles. The summed E-state index contributed by atoms with van der Waals surface area (Å²) in [5.74, 6) is -0.00507. The Kier molecular flexibility index (Phi) is 3.38. The highest BCUT2D eigenvalue weighted by atomic mass is 32.2. The van der Waals surface area contributed by atoms with Gasteiger partial charge in [-0.3, -0.25) is 0 Å². The minimum absolute atomic E-state index is 0.00507. The van der Waals surface area contributed by atoms with Gasteiger partial charge in [0.05, 0.1) is 5.75 Å². The highest BCUT2D eigenvalue weighted by Gasteiger charge is 2.27. The van der Waals surface area contributed by atoms with Crippen molar-refractivity contribution in [3.05, 3.63) is 12.4 Å². The van der Waals surface area contributed by atoms with Crippen LogP contribution >= 0.6 is 0 Å². The van der Waals surface area contributed by atoms with Gasteiger partial charge < -0.3 is 9.80 Å². The smallest absolute Gasteiger partial charge is 0.270 e. The van der Waals surface area contributed by atoms with Gasteiger partial charge in [-0.15, -0.1) is 0 Å². The van der Waals surface area contributed by atoms with E-state index in [1.54, 1.807) is 25.1 Å². The second-order valence-electron chi connectivity index (χ2n) is 3.06. The van der Waals surface area contributed by atoms with E-state index in [1.807, 2.05) is 18.0 Å². The van der Waals surface area contributed by atoms with Crippen molar-refractivity contribution >= 4 is 10.1 Å². The molecule has 0 aromatic carbocycles. The van der Waals surface area contributed by atoms with E-state index in [4.69, 9.17) is 4.18 Å². The molecule has 1 aliphatic heterocycles. The predicted octanol–water partition coefficient (Wildman–Crippen LogP) is 0.375. The largest absolute Gasteiger partial charge is 0.336 e. The standard InChI is InChI=1S/C8H16N2O3S/c1-4-10-7-6-9(3)8(10)13-14(11,12)5-2/h6-8H,4-5H2,1-3H3. The molecule has 0 aromatic rings. The first kappa shape index (κ1) is 11.3. The van der Waals surface area contributed by atoms with Crippen LogP contribution in [0.25, 0.3) is 0 Å². The molecule has 1 rings (SSSR count). The molecule has 0 bridgehead atoms. The van der Waals surface area contributed by atoms with Gasteiger partial charge in [-0.1, -0.05) is 0 Å². The maximum absolute atomic E-state index is 11.3. The summed E-state index contributed by atoms with van der Waals surface area (Å²) < 4.78 is 27.5. The summed E-state index contributed by atoms with van der Waals surface area (Å²) in [4.78, 5) is 3.53. The van der Waals surface area contributed by atoms with E-state index in [0.717, 1.165) is 0 Å². The van der Waals surface area contributed by atoms with Crippen molar-refractivity contribution in [2.24, 2.45) is 0 Å². The lowest BCUT2D eigenvalue weighted by atomic mass is 10.6. The number of hydrogen-bond acceptors (Lipinski definition) is 5. The van der Waals surface area contributed by atoms with Crippen molar-refractivity contribution in [3.63, 3.8) is 0 Å². The van der Waals surface area contributed by atoms with E-state index in [-0.39, 0.29) is 5.75 Å². The summed E-state index contributed by atoms with van der Waals surface area (Å²) in [6.07, 6.45) is 3.08. The van der Waals surface area contributed by atoms with Crippen LogP contribution in [0, 0.1) is 0 Å². The maximum Gasteiger partial charge on any atom is 0.270 e. The van der Waals surface area contributed by atoms with Gasteiger partial charge in [0.15, 0.2) is 0 Å². The van der Waals surface area contributed by atoms with E-state index in [9.17, 15) is 8.42 Å². The zero-order valence-corrected chi connectivity index (χ0v) is 9.49. The second kappa shape index (κ2) is 4.18. The Labute approximate surface area is 85.1 Å². The lowest BCUT2D eigenvalue weighted by Crippen LogP contribution is -2.40. The van der Waals surface area contributed by atoms with Gasteiger partial charge in [-0.2, -0.15) is 8.42 Å². The van der Waals surface area contributed by atoms with E-state index >= 15 is 0 Å². The molecule has 0 radical (unpaired) electrons. The van der Waals surface area contributed by atoms with Crippen LogP contribution in [0.2, 0.25) is 0 Å². The number of nitrogens with zero attached hydrogens (tertiary/aromatic N) is 2. The first-order valence-corrected chi connectivity index (χ1v) is 6.15. The minimum Gasteiger partial charge on any atom is -0.336 e. The summed E-state index contributed by atoms with van der Waals surface area (Å²) >= 11 is 0. The third kappa shape index (κ3) is 2.39. The molecule has 1 atom stereocenters. The molecule has 1 aliphatic rings. The fourth-order valence-corrected chi connectivity index (χ4v) is 1.80. The molecule has 0 amide bonds. The molecule has 0 saturated heterocycles. The van der Waals surface area contributed by atoms with Crippen molar-refractivity contribution in [3.8, 4) is 0 Å². The number of rotatable bonds is 4. The summed E-state index contributed by atoms with van der Waals surface area (Å²) in [5, 5.41) is 0. The first-order valence-electron chi connectivity index (χ1n) is 4.57. The van der Waals surface area contributed by atoms with Crippen molar-refractivity contribution in [2.75, 3.05) is 19.3 Å². The molecule has 0 fully saturated rings. The highest BCUT2D eigenvalue weighted by molar-refractivity contribution is 7.86. The third-order valence-corrected chi connectivity index (χ3v) is 3.25. The monoisotopic (exact) mass is 220 g/mol. The SMILES string of the molecule is CCN1C=CN(C)C1OS(=O)(=O)CC. The van der Waals surface area contributed by atoms with E-state index in [0.29, 0.717) is 6.54 Å². The van der Waals surface area contributed by atoms with Gasteiger partial charge in [-0.05, 0) is 13.8 Å². The van der Waals surface area contributed by atoms with E-state index in [2.05, 4.69) is 0 Å². The molecule has 1 unspecified atom stereocenters. The van der Waals surface area contributed by atoms with Crippen molar-refractivity contribution in [1.82, 2.24) is 9.80 Å². The lowest BCUT2D eigenvalue weighted by molar-refractivity contribution is -0.00554. The number of hydrogen-bond donors (Lipinski definition) is 0. The Bertz CT molecular complexity index is 313. The molecular formula is C8H16N2O3S. The zero-order valence-electron chi connectivity index (χ0n) is 8.67. The van der Waals surface area contributed by atoms with Crippen LogP contribution in [0.1, 0.15) is 13.8 Å². The van der Waals surface area contributed by atoms with Crippen LogP contribution < -0.4 is 0 Å². The zero-order chi connectivity index (χ0) is 10.8. The van der Waals surface area contributed by atoms with Gasteiger partial charge in [0, 0.05) is 26.0 Å². The van der Waals surface area contributed by atoms with Crippen LogP contribution in [0.5, 0.6) is 0 Å². The van der Waals surface area contributed by atoms with Gasteiger partial charge in [0.2, 0.25) is 6.35 Å². The quantitative estimate of drug-likeness (QED) is 0.641. The summed E-state index contributed by atoms with van der Waals surface area (Å²) in [6, 6.07) is 0. The second-order valence-corrected chi connectivity index (χ2v) is 4.95. The van der Waals surface area contributed by atoms with Crippen LogP contribution in [-0.2, 0) is 14.3 Å². The third-order valence-electron chi connectivity index (χ3n) is 2.08. The Morgan fingerprint density at radius 3 is 2.50 bits per heavy atom. The molecule has 0 aliphatic carbocycles. The summed E-state index contributed by atoms with van der Waals surface area (Å²) in [6.45, 7) is 4.22. The lowest BCUT2D eigenvalue weighted by Gasteiger charge is -2.28. The molecular weight excluding hydrogens is 204 g/mol. The molecule has 0 aromatic heterocycles. The van der Waals surface area contributed by atoms with Gasteiger partial charge in [-0.25, -0.2) is 4.18 Å². The average molecular weight is 220 g/mol. The molecule has 14 heavy (non-hydrogen) atoms. The fraction of sp³-hybridized carbons (Fsp3) is 0.750. The Hall–Kier alpha value is -0.750. The molecule has 1 heterocycles. The van der Waals surface area contributed by atoms with Crippen molar-refractivity contribution in [2.45, 2.75) is 20.2 Å². The fourth-order valence-electron chi connectivity index (χ4n) is 1.16. The van der Waals surface area contributed by atoms with Crippen LogP contribution in [0.3, 0.4) is 0 Å². The summed E-state index contributed by atoms with van der Waals surface area (Å²) in [5.41, 5.74) is 0. The first-order chi connectivity index (χ1) is 6.50. The molecule has 6 heteroatoms. The predicted molar refractivity (Wildman–Crippen MR) is 53.6 cm³/mol. The Morgan fingerprint density at radius 2 is 2.00 bits per heavy atom. The van der Waals surface area contributed by atoms with Gasteiger partial charge >= 0.3 is 0 Å². The van der Waals surface area contributed by atoms with E-state index < -0.39 is 16.5 Å². The van der Waals surface area contributed by atoms with Crippen LogP contribution in [0.4, 0.5) is 0 Å². The van der Waals surface area contributed by atoms with Crippen LogP contribution in [0.15, 0.2) is 12.4 Å². The van der Waals surface area contributed by atoms with Gasteiger partial charge in [0.1, 0.15) is 0 Å². The summed E-state index contributed by atoms with van der Waals surface area (Å²) in [7, 11) is -1.62. The molecule has 0 N–H and O–H groups in total. The average Bonchev–Trinajstić information content (AvgIpc) is 2.48. The molecule has 5 nitrogen and oxygen atoms in total. The van der Waals surface area contributed by atoms with Crippen LogP contribution in [-0.4, -0.2) is 43.9 Å². The van der Waals surface area contributed by atoms with Crippen molar-refractivity contribution < 1.29 is 12.6 Å². The normalized spacial score (nSPS) is 22.1. The van der Waals surface area contributed by atoms with Gasteiger partial charge in [0.25, 0.3) is 10.1 Å². The maximum atomic E-state index is 11.3. The topological polar surface area (TPSA) is 49.9 Å². The Morgan fingerprint density at radius 1 is 1.36 bits per heavy atom. The molecule has 0 spiro atoms. The highest BCUT2D eigenvalue weighted by Crippen LogP contribution is 2.16. The Balaban J connectivity index is 2.69. The van der Waals surface area contributed by atoms with E-state index in [1.165, 1.54) is 0 Å². The minimum atomic E-state index is -3.40. The molecule has 82 valence electrons. The van der Waals surface area contributed by atoms with Crippen molar-refractivity contribution in [1.29, 1.82) is 0 Å².